The van der Waals surface area contributed by atoms with Crippen LogP contribution in [0.2, 0.25) is 0 Å². The Balaban J connectivity index is 1.68. The Hall–Kier alpha value is -2.44. The van der Waals surface area contributed by atoms with Crippen molar-refractivity contribution in [3.63, 3.8) is 0 Å². The molecule has 3 rings (SSSR count). The smallest absolute Gasteiger partial charge is 0.274 e. The molecule has 1 fully saturated rings. The van der Waals surface area contributed by atoms with Crippen LogP contribution in [0, 0.1) is 13.8 Å². The first-order valence-electron chi connectivity index (χ1n) is 8.36. The minimum absolute atomic E-state index is 0.0132. The average Bonchev–Trinajstić information content (AvgIpc) is 3.00. The molecule has 3 heterocycles. The predicted octanol–water partition coefficient (Wildman–Crippen LogP) is 1.90. The van der Waals surface area contributed by atoms with Crippen LogP contribution in [0.1, 0.15) is 47.5 Å². The summed E-state index contributed by atoms with van der Waals surface area (Å²) in [7, 11) is 0. The maximum atomic E-state index is 12.5. The van der Waals surface area contributed by atoms with Gasteiger partial charge in [0.15, 0.2) is 0 Å². The third-order valence-corrected chi connectivity index (χ3v) is 4.19. The molecule has 0 radical (unpaired) electrons. The molecule has 0 bridgehead atoms. The standard InChI is InChI=1S/C17H24N6O/c1-11(2)16-18-12(3)10-15(19-16)22-5-7-23(8-6-22)17(24)14-9-13(4)20-21-14/h9-11H,5-8H2,1-4H3,(H,20,21). The average molecular weight is 328 g/mol. The summed E-state index contributed by atoms with van der Waals surface area (Å²) in [4.78, 5) is 25.7. The zero-order chi connectivity index (χ0) is 17.3. The highest BCUT2D eigenvalue weighted by Gasteiger charge is 2.24. The van der Waals surface area contributed by atoms with Crippen LogP contribution >= 0.6 is 0 Å². The molecule has 7 heteroatoms. The van der Waals surface area contributed by atoms with Gasteiger partial charge in [0.1, 0.15) is 17.3 Å². The van der Waals surface area contributed by atoms with Crippen molar-refractivity contribution in [2.75, 3.05) is 31.1 Å². The molecule has 0 atom stereocenters. The number of carbonyl (C=O) groups excluding carboxylic acids is 1. The van der Waals surface area contributed by atoms with Gasteiger partial charge in [-0.25, -0.2) is 9.97 Å². The van der Waals surface area contributed by atoms with Gasteiger partial charge in [-0.2, -0.15) is 5.10 Å². The second-order valence-corrected chi connectivity index (χ2v) is 6.60. The molecule has 0 spiro atoms. The fraction of sp³-hybridized carbons (Fsp3) is 0.529. The van der Waals surface area contributed by atoms with Crippen molar-refractivity contribution in [3.05, 3.63) is 35.0 Å². The quantitative estimate of drug-likeness (QED) is 0.931. The zero-order valence-corrected chi connectivity index (χ0v) is 14.7. The Morgan fingerprint density at radius 1 is 1.12 bits per heavy atom. The number of aryl methyl sites for hydroxylation is 2. The number of hydrogen-bond acceptors (Lipinski definition) is 5. The first kappa shape index (κ1) is 16.4. The van der Waals surface area contributed by atoms with Gasteiger partial charge in [0.05, 0.1) is 0 Å². The highest BCUT2D eigenvalue weighted by Crippen LogP contribution is 2.19. The van der Waals surface area contributed by atoms with Crippen LogP contribution in [0.15, 0.2) is 12.1 Å². The van der Waals surface area contributed by atoms with E-state index in [-0.39, 0.29) is 5.91 Å². The SMILES string of the molecule is Cc1cc(N2CCN(C(=O)c3cc(C)[nH]n3)CC2)nc(C(C)C)n1. The van der Waals surface area contributed by atoms with E-state index in [1.54, 1.807) is 6.07 Å². The number of amides is 1. The molecule has 1 aliphatic rings. The van der Waals surface area contributed by atoms with Gasteiger partial charge < -0.3 is 9.80 Å². The lowest BCUT2D eigenvalue weighted by Gasteiger charge is -2.35. The number of carbonyl (C=O) groups is 1. The van der Waals surface area contributed by atoms with Gasteiger partial charge in [-0.1, -0.05) is 13.8 Å². The molecule has 2 aromatic heterocycles. The van der Waals surface area contributed by atoms with Crippen molar-refractivity contribution in [1.82, 2.24) is 25.1 Å². The lowest BCUT2D eigenvalue weighted by molar-refractivity contribution is 0.0740. The van der Waals surface area contributed by atoms with Crippen molar-refractivity contribution in [2.45, 2.75) is 33.6 Å². The fourth-order valence-electron chi connectivity index (χ4n) is 2.82. The minimum Gasteiger partial charge on any atom is -0.353 e. The van der Waals surface area contributed by atoms with Crippen LogP contribution in [0.4, 0.5) is 5.82 Å². The third-order valence-electron chi connectivity index (χ3n) is 4.19. The van der Waals surface area contributed by atoms with Crippen molar-refractivity contribution in [1.29, 1.82) is 0 Å². The Morgan fingerprint density at radius 2 is 1.83 bits per heavy atom. The van der Waals surface area contributed by atoms with Gasteiger partial charge >= 0.3 is 0 Å². The second kappa shape index (κ2) is 6.59. The van der Waals surface area contributed by atoms with Crippen molar-refractivity contribution in [3.8, 4) is 0 Å². The number of aromatic amines is 1. The maximum absolute atomic E-state index is 12.5. The van der Waals surface area contributed by atoms with Crippen molar-refractivity contribution >= 4 is 11.7 Å². The van der Waals surface area contributed by atoms with E-state index in [1.807, 2.05) is 24.8 Å². The molecule has 0 saturated carbocycles. The van der Waals surface area contributed by atoms with Gasteiger partial charge in [-0.15, -0.1) is 0 Å². The molecule has 0 aliphatic carbocycles. The van der Waals surface area contributed by atoms with E-state index in [9.17, 15) is 4.79 Å². The summed E-state index contributed by atoms with van der Waals surface area (Å²) in [6.45, 7) is 11.0. The van der Waals surface area contributed by atoms with E-state index in [2.05, 4.69) is 38.9 Å². The molecular weight excluding hydrogens is 304 g/mol. The molecule has 1 aliphatic heterocycles. The topological polar surface area (TPSA) is 78.0 Å². The normalized spacial score (nSPS) is 15.2. The van der Waals surface area contributed by atoms with Crippen LogP contribution in [-0.4, -0.2) is 57.2 Å². The summed E-state index contributed by atoms with van der Waals surface area (Å²) in [6, 6.07) is 3.80. The first-order valence-corrected chi connectivity index (χ1v) is 8.36. The van der Waals surface area contributed by atoms with Crippen molar-refractivity contribution in [2.24, 2.45) is 0 Å². The number of anilines is 1. The van der Waals surface area contributed by atoms with E-state index in [0.29, 0.717) is 24.7 Å². The van der Waals surface area contributed by atoms with Crippen LogP contribution in [0.3, 0.4) is 0 Å². The second-order valence-electron chi connectivity index (χ2n) is 6.60. The van der Waals surface area contributed by atoms with Gasteiger partial charge in [0.25, 0.3) is 5.91 Å². The predicted molar refractivity (Wildman–Crippen MR) is 92.3 cm³/mol. The summed E-state index contributed by atoms with van der Waals surface area (Å²) in [5, 5.41) is 6.88. The molecule has 7 nitrogen and oxygen atoms in total. The summed E-state index contributed by atoms with van der Waals surface area (Å²) in [5.41, 5.74) is 2.37. The number of nitrogens with one attached hydrogen (secondary N) is 1. The van der Waals surface area contributed by atoms with E-state index in [4.69, 9.17) is 0 Å². The Labute approximate surface area is 142 Å². The molecule has 24 heavy (non-hydrogen) atoms. The van der Waals surface area contributed by atoms with Gasteiger partial charge in [-0.05, 0) is 19.9 Å². The Kier molecular flexibility index (Phi) is 4.51. The number of piperazine rings is 1. The van der Waals surface area contributed by atoms with E-state index >= 15 is 0 Å². The number of aromatic nitrogens is 4. The molecular formula is C17H24N6O. The van der Waals surface area contributed by atoms with E-state index in [1.165, 1.54) is 0 Å². The molecule has 1 amide bonds. The Bertz CT molecular complexity index is 730. The molecule has 1 saturated heterocycles. The first-order chi connectivity index (χ1) is 11.4. The van der Waals surface area contributed by atoms with Gasteiger partial charge in [-0.3, -0.25) is 9.89 Å². The third kappa shape index (κ3) is 3.39. The number of nitrogens with zero attached hydrogens (tertiary/aromatic N) is 5. The molecule has 0 unspecified atom stereocenters. The molecule has 128 valence electrons. The lowest BCUT2D eigenvalue weighted by Crippen LogP contribution is -2.49. The summed E-state index contributed by atoms with van der Waals surface area (Å²) in [5.74, 6) is 2.11. The summed E-state index contributed by atoms with van der Waals surface area (Å²) >= 11 is 0. The largest absolute Gasteiger partial charge is 0.353 e. The highest BCUT2D eigenvalue weighted by atomic mass is 16.2. The molecule has 2 aromatic rings. The molecule has 0 aromatic carbocycles. The lowest BCUT2D eigenvalue weighted by atomic mass is 10.2. The molecule has 1 N–H and O–H groups in total. The maximum Gasteiger partial charge on any atom is 0.274 e. The van der Waals surface area contributed by atoms with Crippen LogP contribution in [0.25, 0.3) is 0 Å². The summed E-state index contributed by atoms with van der Waals surface area (Å²) < 4.78 is 0. The highest BCUT2D eigenvalue weighted by molar-refractivity contribution is 5.92. The zero-order valence-electron chi connectivity index (χ0n) is 14.7. The monoisotopic (exact) mass is 328 g/mol. The van der Waals surface area contributed by atoms with Crippen LogP contribution < -0.4 is 4.90 Å². The number of hydrogen-bond donors (Lipinski definition) is 1. The van der Waals surface area contributed by atoms with E-state index < -0.39 is 0 Å². The van der Waals surface area contributed by atoms with Crippen LogP contribution in [0.5, 0.6) is 0 Å². The van der Waals surface area contributed by atoms with Crippen molar-refractivity contribution < 1.29 is 4.79 Å². The van der Waals surface area contributed by atoms with Crippen LogP contribution in [-0.2, 0) is 0 Å². The minimum atomic E-state index is -0.0132. The Morgan fingerprint density at radius 3 is 2.42 bits per heavy atom. The van der Waals surface area contributed by atoms with Gasteiger partial charge in [0.2, 0.25) is 0 Å². The number of rotatable bonds is 3. The van der Waals surface area contributed by atoms with E-state index in [0.717, 1.165) is 36.1 Å². The summed E-state index contributed by atoms with van der Waals surface area (Å²) in [6.07, 6.45) is 0. The van der Waals surface area contributed by atoms with Gasteiger partial charge in [0, 0.05) is 49.6 Å². The fourth-order valence-corrected chi connectivity index (χ4v) is 2.82. The number of H-pyrrole nitrogens is 1.